The summed E-state index contributed by atoms with van der Waals surface area (Å²) in [6, 6.07) is 11.9. The van der Waals surface area contributed by atoms with E-state index in [9.17, 15) is 0 Å². The standard InChI is InChI=1S/C19H22ClN5O2/c1-4-26-17-9-15(11-21-19-22-23-24-25(19)3)16(20)10-18(17)27-12-14-7-5-6-13(2)8-14/h5-10H,4,11-12H2,1-3H3,(H,21,22,24). The van der Waals surface area contributed by atoms with Crippen LogP contribution in [-0.2, 0) is 20.2 Å². The summed E-state index contributed by atoms with van der Waals surface area (Å²) in [7, 11) is 1.76. The van der Waals surface area contributed by atoms with E-state index in [1.807, 2.05) is 25.1 Å². The molecule has 1 N–H and O–H groups in total. The predicted molar refractivity (Wildman–Crippen MR) is 104 cm³/mol. The average molecular weight is 388 g/mol. The fraction of sp³-hybridized carbons (Fsp3) is 0.316. The van der Waals surface area contributed by atoms with Crippen LogP contribution in [-0.4, -0.2) is 26.8 Å². The van der Waals surface area contributed by atoms with Gasteiger partial charge in [-0.05, 0) is 41.5 Å². The maximum Gasteiger partial charge on any atom is 0.242 e. The zero-order valence-corrected chi connectivity index (χ0v) is 16.3. The number of aryl methyl sites for hydroxylation is 2. The Morgan fingerprint density at radius 2 is 1.96 bits per heavy atom. The van der Waals surface area contributed by atoms with Gasteiger partial charge in [0.05, 0.1) is 6.61 Å². The molecule has 2 aromatic carbocycles. The van der Waals surface area contributed by atoms with Crippen LogP contribution < -0.4 is 14.8 Å². The second kappa shape index (κ2) is 8.73. The number of nitrogens with zero attached hydrogens (tertiary/aromatic N) is 4. The molecule has 0 aliphatic rings. The quantitative estimate of drug-likeness (QED) is 0.634. The number of halogens is 1. The summed E-state index contributed by atoms with van der Waals surface area (Å²) < 4.78 is 13.3. The van der Waals surface area contributed by atoms with Crippen molar-refractivity contribution in [3.05, 3.63) is 58.1 Å². The van der Waals surface area contributed by atoms with Crippen molar-refractivity contribution in [3.8, 4) is 11.5 Å². The number of rotatable bonds is 8. The lowest BCUT2D eigenvalue weighted by molar-refractivity contribution is 0.269. The molecule has 142 valence electrons. The van der Waals surface area contributed by atoms with E-state index in [4.69, 9.17) is 21.1 Å². The largest absolute Gasteiger partial charge is 0.490 e. The van der Waals surface area contributed by atoms with Gasteiger partial charge in [0.15, 0.2) is 11.5 Å². The second-order valence-corrected chi connectivity index (χ2v) is 6.49. The first kappa shape index (κ1) is 19.0. The maximum absolute atomic E-state index is 6.45. The number of benzene rings is 2. The van der Waals surface area contributed by atoms with E-state index >= 15 is 0 Å². The van der Waals surface area contributed by atoms with Gasteiger partial charge in [0.2, 0.25) is 5.95 Å². The molecule has 0 bridgehead atoms. The van der Waals surface area contributed by atoms with Crippen LogP contribution in [0.1, 0.15) is 23.6 Å². The Kier molecular flexibility index (Phi) is 6.13. The molecule has 1 aromatic heterocycles. The lowest BCUT2D eigenvalue weighted by atomic mass is 10.1. The van der Waals surface area contributed by atoms with Crippen molar-refractivity contribution in [1.82, 2.24) is 20.2 Å². The fourth-order valence-electron chi connectivity index (χ4n) is 2.61. The van der Waals surface area contributed by atoms with E-state index in [2.05, 4.69) is 39.9 Å². The number of nitrogens with one attached hydrogen (secondary N) is 1. The Balaban J connectivity index is 1.75. The average Bonchev–Trinajstić information content (AvgIpc) is 3.05. The van der Waals surface area contributed by atoms with Crippen molar-refractivity contribution >= 4 is 17.5 Å². The topological polar surface area (TPSA) is 74.1 Å². The van der Waals surface area contributed by atoms with Crippen molar-refractivity contribution in [2.75, 3.05) is 11.9 Å². The van der Waals surface area contributed by atoms with Crippen molar-refractivity contribution in [3.63, 3.8) is 0 Å². The van der Waals surface area contributed by atoms with Crippen LogP contribution in [0.3, 0.4) is 0 Å². The van der Waals surface area contributed by atoms with Gasteiger partial charge in [0.25, 0.3) is 0 Å². The van der Waals surface area contributed by atoms with Crippen molar-refractivity contribution < 1.29 is 9.47 Å². The van der Waals surface area contributed by atoms with Crippen LogP contribution in [0.4, 0.5) is 5.95 Å². The molecule has 7 nitrogen and oxygen atoms in total. The third kappa shape index (κ3) is 4.89. The van der Waals surface area contributed by atoms with Crippen LogP contribution in [0.15, 0.2) is 36.4 Å². The molecule has 8 heteroatoms. The van der Waals surface area contributed by atoms with E-state index < -0.39 is 0 Å². The number of hydrogen-bond donors (Lipinski definition) is 1. The SMILES string of the molecule is CCOc1cc(CNc2nnnn2C)c(Cl)cc1OCc1cccc(C)c1. The van der Waals surface area contributed by atoms with Gasteiger partial charge in [0, 0.05) is 24.7 Å². The van der Waals surface area contributed by atoms with Gasteiger partial charge in [-0.3, -0.25) is 0 Å². The van der Waals surface area contributed by atoms with Gasteiger partial charge >= 0.3 is 0 Å². The first-order valence-electron chi connectivity index (χ1n) is 8.66. The lowest BCUT2D eigenvalue weighted by Crippen LogP contribution is -2.07. The number of anilines is 1. The summed E-state index contributed by atoms with van der Waals surface area (Å²) in [4.78, 5) is 0. The molecule has 0 amide bonds. The summed E-state index contributed by atoms with van der Waals surface area (Å²) in [5.41, 5.74) is 3.15. The van der Waals surface area contributed by atoms with Crippen LogP contribution in [0.25, 0.3) is 0 Å². The molecule has 0 saturated heterocycles. The zero-order valence-electron chi connectivity index (χ0n) is 15.6. The molecule has 0 fully saturated rings. The molecule has 1 heterocycles. The van der Waals surface area contributed by atoms with E-state index in [1.54, 1.807) is 17.8 Å². The molecule has 0 atom stereocenters. The number of aromatic nitrogens is 4. The van der Waals surface area contributed by atoms with Gasteiger partial charge in [-0.1, -0.05) is 46.5 Å². The summed E-state index contributed by atoms with van der Waals surface area (Å²) in [5, 5.41) is 15.0. The lowest BCUT2D eigenvalue weighted by Gasteiger charge is -2.15. The zero-order chi connectivity index (χ0) is 19.2. The molecular formula is C19H22ClN5O2. The molecule has 0 radical (unpaired) electrons. The Morgan fingerprint density at radius 3 is 2.67 bits per heavy atom. The van der Waals surface area contributed by atoms with Crippen molar-refractivity contribution in [2.45, 2.75) is 27.0 Å². The first-order valence-corrected chi connectivity index (χ1v) is 9.04. The summed E-state index contributed by atoms with van der Waals surface area (Å²) in [6.45, 7) is 5.43. The van der Waals surface area contributed by atoms with Gasteiger partial charge < -0.3 is 14.8 Å². The number of ether oxygens (including phenoxy) is 2. The monoisotopic (exact) mass is 387 g/mol. The van der Waals surface area contributed by atoms with Gasteiger partial charge in [-0.15, -0.1) is 0 Å². The van der Waals surface area contributed by atoms with E-state index in [1.165, 1.54) is 5.56 Å². The van der Waals surface area contributed by atoms with Gasteiger partial charge in [-0.25, -0.2) is 4.68 Å². The first-order chi connectivity index (χ1) is 13.1. The Morgan fingerprint density at radius 1 is 1.15 bits per heavy atom. The summed E-state index contributed by atoms with van der Waals surface area (Å²) >= 11 is 6.45. The van der Waals surface area contributed by atoms with E-state index in [-0.39, 0.29) is 0 Å². The molecule has 0 unspecified atom stereocenters. The minimum absolute atomic E-state index is 0.445. The van der Waals surface area contributed by atoms with E-state index in [0.717, 1.165) is 11.1 Å². The molecule has 0 saturated carbocycles. The maximum atomic E-state index is 6.45. The highest BCUT2D eigenvalue weighted by atomic mass is 35.5. The molecule has 0 spiro atoms. The summed E-state index contributed by atoms with van der Waals surface area (Å²) in [5.74, 6) is 1.83. The fourth-order valence-corrected chi connectivity index (χ4v) is 2.83. The van der Waals surface area contributed by atoms with Gasteiger partial charge in [-0.2, -0.15) is 0 Å². The highest BCUT2D eigenvalue weighted by Gasteiger charge is 2.12. The minimum Gasteiger partial charge on any atom is -0.490 e. The molecular weight excluding hydrogens is 366 g/mol. The highest BCUT2D eigenvalue weighted by molar-refractivity contribution is 6.31. The normalized spacial score (nSPS) is 10.7. The van der Waals surface area contributed by atoms with Crippen LogP contribution in [0.2, 0.25) is 5.02 Å². The smallest absolute Gasteiger partial charge is 0.242 e. The summed E-state index contributed by atoms with van der Waals surface area (Å²) in [6.07, 6.45) is 0. The van der Waals surface area contributed by atoms with Crippen LogP contribution >= 0.6 is 11.6 Å². The molecule has 0 aliphatic heterocycles. The molecule has 0 aliphatic carbocycles. The Bertz CT molecular complexity index is 913. The van der Waals surface area contributed by atoms with Crippen LogP contribution in [0.5, 0.6) is 11.5 Å². The predicted octanol–water partition coefficient (Wildman–Crippen LogP) is 3.76. The molecule has 3 aromatic rings. The number of tetrazole rings is 1. The highest BCUT2D eigenvalue weighted by Crippen LogP contribution is 2.34. The minimum atomic E-state index is 0.445. The van der Waals surface area contributed by atoms with Gasteiger partial charge in [0.1, 0.15) is 6.61 Å². The van der Waals surface area contributed by atoms with Crippen molar-refractivity contribution in [1.29, 1.82) is 0 Å². The third-order valence-corrected chi connectivity index (χ3v) is 4.30. The van der Waals surface area contributed by atoms with Crippen molar-refractivity contribution in [2.24, 2.45) is 7.05 Å². The second-order valence-electron chi connectivity index (χ2n) is 6.08. The molecule has 3 rings (SSSR count). The Labute approximate surface area is 163 Å². The van der Waals surface area contributed by atoms with Crippen LogP contribution in [0, 0.1) is 6.92 Å². The Hall–Kier alpha value is -2.80. The number of hydrogen-bond acceptors (Lipinski definition) is 6. The molecule has 27 heavy (non-hydrogen) atoms. The third-order valence-electron chi connectivity index (χ3n) is 3.95. The van der Waals surface area contributed by atoms with E-state index in [0.29, 0.717) is 42.2 Å².